The maximum atomic E-state index is 12.4. The fourth-order valence-electron chi connectivity index (χ4n) is 2.97. The highest BCUT2D eigenvalue weighted by Gasteiger charge is 2.27. The zero-order valence-corrected chi connectivity index (χ0v) is 14.6. The summed E-state index contributed by atoms with van der Waals surface area (Å²) >= 11 is 0. The van der Waals surface area contributed by atoms with E-state index in [4.69, 9.17) is 0 Å². The lowest BCUT2D eigenvalue weighted by molar-refractivity contribution is -0.129. The van der Waals surface area contributed by atoms with Gasteiger partial charge in [0.15, 0.2) is 0 Å². The second-order valence-electron chi connectivity index (χ2n) is 6.04. The number of hydrogen-bond acceptors (Lipinski definition) is 2. The van der Waals surface area contributed by atoms with Gasteiger partial charge in [0.25, 0.3) is 0 Å². The Morgan fingerprint density at radius 1 is 1.08 bits per heavy atom. The van der Waals surface area contributed by atoms with Crippen molar-refractivity contribution in [2.24, 2.45) is 0 Å². The largest absolute Gasteiger partial charge is 0.345 e. The van der Waals surface area contributed by atoms with E-state index in [2.05, 4.69) is 17.2 Å². The zero-order valence-electron chi connectivity index (χ0n) is 14.6. The Hall–Kier alpha value is -3.32. The topological polar surface area (TPSA) is 49.4 Å². The van der Waals surface area contributed by atoms with Crippen LogP contribution in [0.15, 0.2) is 60.8 Å². The molecule has 0 fully saturated rings. The van der Waals surface area contributed by atoms with E-state index < -0.39 is 0 Å². The maximum Gasteiger partial charge on any atom is 0.223 e. The van der Waals surface area contributed by atoms with Crippen LogP contribution in [-0.4, -0.2) is 23.3 Å². The fourth-order valence-corrected chi connectivity index (χ4v) is 2.97. The molecule has 2 aromatic rings. The number of carbonyl (C=O) groups excluding carboxylic acids is 2. The van der Waals surface area contributed by atoms with Gasteiger partial charge in [-0.3, -0.25) is 9.59 Å². The van der Waals surface area contributed by atoms with E-state index >= 15 is 0 Å². The van der Waals surface area contributed by atoms with E-state index in [0.29, 0.717) is 0 Å². The first-order valence-electron chi connectivity index (χ1n) is 8.52. The van der Waals surface area contributed by atoms with Gasteiger partial charge in [-0.15, -0.1) is 0 Å². The molecule has 1 aliphatic rings. The third-order valence-electron chi connectivity index (χ3n) is 4.23. The predicted molar refractivity (Wildman–Crippen MR) is 102 cm³/mol. The molecule has 0 radical (unpaired) electrons. The van der Waals surface area contributed by atoms with Crippen molar-refractivity contribution in [1.29, 1.82) is 0 Å². The predicted octanol–water partition coefficient (Wildman–Crippen LogP) is 3.12. The Kier molecular flexibility index (Phi) is 5.50. The van der Waals surface area contributed by atoms with E-state index in [-0.39, 0.29) is 30.8 Å². The summed E-state index contributed by atoms with van der Waals surface area (Å²) in [5, 5.41) is 2.82. The highest BCUT2D eigenvalue weighted by atomic mass is 16.2. The van der Waals surface area contributed by atoms with E-state index in [0.717, 1.165) is 16.7 Å². The van der Waals surface area contributed by atoms with Gasteiger partial charge in [0.1, 0.15) is 0 Å². The molecule has 0 aromatic heterocycles. The highest BCUT2D eigenvalue weighted by Crippen LogP contribution is 2.32. The Morgan fingerprint density at radius 2 is 1.81 bits per heavy atom. The van der Waals surface area contributed by atoms with Gasteiger partial charge in [-0.25, -0.2) is 0 Å². The van der Waals surface area contributed by atoms with E-state index in [1.807, 2.05) is 60.7 Å². The molecule has 4 heteroatoms. The summed E-state index contributed by atoms with van der Waals surface area (Å²) in [6.07, 6.45) is 3.85. The van der Waals surface area contributed by atoms with Crippen molar-refractivity contribution in [3.05, 3.63) is 77.5 Å². The molecule has 0 bridgehead atoms. The average Bonchev–Trinajstić information content (AvgIpc) is 2.66. The summed E-state index contributed by atoms with van der Waals surface area (Å²) in [5.41, 5.74) is 2.93. The summed E-state index contributed by atoms with van der Waals surface area (Å²) < 4.78 is 0. The number of hydrogen-bond donors (Lipinski definition) is 1. The van der Waals surface area contributed by atoms with Crippen LogP contribution in [0.2, 0.25) is 0 Å². The van der Waals surface area contributed by atoms with Crippen LogP contribution in [0.5, 0.6) is 0 Å². The van der Waals surface area contributed by atoms with Crippen molar-refractivity contribution in [3.8, 4) is 11.8 Å². The molecule has 4 nitrogen and oxygen atoms in total. The average molecular weight is 344 g/mol. The minimum atomic E-state index is -0.296. The van der Waals surface area contributed by atoms with Crippen molar-refractivity contribution < 1.29 is 9.59 Å². The first kappa shape index (κ1) is 17.5. The van der Waals surface area contributed by atoms with Crippen LogP contribution < -0.4 is 5.32 Å². The standard InChI is InChI=1S/C22H20N2O2/c1-17(25)24-15-13-19-11-5-6-12-20(19)21(24)16-22(26)23-14-7-10-18-8-3-2-4-9-18/h2-6,8-9,11-13,15,21H,14,16H2,1H3,(H,23,26). The maximum absolute atomic E-state index is 12.4. The third-order valence-corrected chi connectivity index (χ3v) is 4.23. The van der Waals surface area contributed by atoms with E-state index in [9.17, 15) is 9.59 Å². The Balaban J connectivity index is 1.64. The minimum Gasteiger partial charge on any atom is -0.345 e. The number of fused-ring (bicyclic) bond motifs is 1. The van der Waals surface area contributed by atoms with Gasteiger partial charge in [-0.1, -0.05) is 54.3 Å². The Bertz CT molecular complexity index is 891. The number of nitrogens with one attached hydrogen (secondary N) is 1. The molecule has 26 heavy (non-hydrogen) atoms. The number of carbonyl (C=O) groups is 2. The highest BCUT2D eigenvalue weighted by molar-refractivity contribution is 5.82. The van der Waals surface area contributed by atoms with Gasteiger partial charge in [0.05, 0.1) is 19.0 Å². The lowest BCUT2D eigenvalue weighted by Crippen LogP contribution is -2.35. The molecule has 1 unspecified atom stereocenters. The number of amides is 2. The monoisotopic (exact) mass is 344 g/mol. The summed E-state index contributed by atoms with van der Waals surface area (Å²) in [5.74, 6) is 5.74. The fraction of sp³-hybridized carbons (Fsp3) is 0.182. The first-order valence-corrected chi connectivity index (χ1v) is 8.52. The molecule has 130 valence electrons. The molecule has 2 amide bonds. The quantitative estimate of drug-likeness (QED) is 0.870. The van der Waals surface area contributed by atoms with Gasteiger partial charge in [0.2, 0.25) is 11.8 Å². The van der Waals surface area contributed by atoms with E-state index in [1.165, 1.54) is 6.92 Å². The van der Waals surface area contributed by atoms with Crippen LogP contribution in [-0.2, 0) is 9.59 Å². The van der Waals surface area contributed by atoms with Crippen LogP contribution >= 0.6 is 0 Å². The van der Waals surface area contributed by atoms with Crippen molar-refractivity contribution in [3.63, 3.8) is 0 Å². The molecule has 0 aliphatic carbocycles. The number of nitrogens with zero attached hydrogens (tertiary/aromatic N) is 1. The normalized spacial score (nSPS) is 14.8. The molecule has 1 atom stereocenters. The Morgan fingerprint density at radius 3 is 2.58 bits per heavy atom. The van der Waals surface area contributed by atoms with Crippen molar-refractivity contribution in [2.75, 3.05) is 6.54 Å². The number of benzene rings is 2. The number of rotatable bonds is 3. The molecule has 0 saturated carbocycles. The third kappa shape index (κ3) is 4.20. The first-order chi connectivity index (χ1) is 12.6. The molecule has 1 N–H and O–H groups in total. The zero-order chi connectivity index (χ0) is 18.4. The molecule has 2 aromatic carbocycles. The molecular weight excluding hydrogens is 324 g/mol. The van der Waals surface area contributed by atoms with Gasteiger partial charge in [-0.05, 0) is 29.3 Å². The van der Waals surface area contributed by atoms with Crippen LogP contribution in [0.4, 0.5) is 0 Å². The summed E-state index contributed by atoms with van der Waals surface area (Å²) in [6.45, 7) is 1.78. The smallest absolute Gasteiger partial charge is 0.223 e. The van der Waals surface area contributed by atoms with Crippen LogP contribution in [0.25, 0.3) is 6.08 Å². The molecule has 0 spiro atoms. The van der Waals surface area contributed by atoms with Crippen LogP contribution in [0.1, 0.15) is 36.1 Å². The van der Waals surface area contributed by atoms with Gasteiger partial charge < -0.3 is 10.2 Å². The van der Waals surface area contributed by atoms with Crippen LogP contribution in [0, 0.1) is 11.8 Å². The Labute approximate surface area is 153 Å². The molecule has 1 heterocycles. The minimum absolute atomic E-state index is 0.0857. The molecular formula is C22H20N2O2. The van der Waals surface area contributed by atoms with Gasteiger partial charge in [-0.2, -0.15) is 0 Å². The SMILES string of the molecule is CC(=O)N1C=Cc2ccccc2C1CC(=O)NCC#Cc1ccccc1. The van der Waals surface area contributed by atoms with Gasteiger partial charge >= 0.3 is 0 Å². The summed E-state index contributed by atoms with van der Waals surface area (Å²) in [6, 6.07) is 17.1. The lowest BCUT2D eigenvalue weighted by Gasteiger charge is -2.32. The summed E-state index contributed by atoms with van der Waals surface area (Å²) in [7, 11) is 0. The second-order valence-corrected chi connectivity index (χ2v) is 6.04. The molecule has 1 aliphatic heterocycles. The van der Waals surface area contributed by atoms with E-state index in [1.54, 1.807) is 11.1 Å². The van der Waals surface area contributed by atoms with Gasteiger partial charge in [0, 0.05) is 18.7 Å². The van der Waals surface area contributed by atoms with Crippen LogP contribution in [0.3, 0.4) is 0 Å². The lowest BCUT2D eigenvalue weighted by atomic mass is 9.93. The molecule has 3 rings (SSSR count). The van der Waals surface area contributed by atoms with Crippen molar-refractivity contribution in [2.45, 2.75) is 19.4 Å². The molecule has 0 saturated heterocycles. The summed E-state index contributed by atoms with van der Waals surface area (Å²) in [4.78, 5) is 25.9. The second kappa shape index (κ2) is 8.17. The van der Waals surface area contributed by atoms with Crippen molar-refractivity contribution in [1.82, 2.24) is 10.2 Å². The van der Waals surface area contributed by atoms with Crippen molar-refractivity contribution >= 4 is 17.9 Å².